The van der Waals surface area contributed by atoms with Crippen LogP contribution in [0.4, 0.5) is 4.79 Å². The summed E-state index contributed by atoms with van der Waals surface area (Å²) < 4.78 is 20.6. The van der Waals surface area contributed by atoms with Gasteiger partial charge >= 0.3 is 12.1 Å². The SMILES string of the molecule is C=CC(=O)OCCNC(=O)OC(COC)COc1ccccc1C.CC.CCC. The standard InChI is InChI=1S/C17H23NO6.C3H8.C2H6/c1-4-16(19)22-10-9-18-17(20)24-14(11-21-3)12-23-15-8-6-5-7-13(15)2;1-3-2;1-2/h4-8,14H,1,9-12H2,2-3H3,(H,18,20);3H2,1-2H3;1-2H3. The van der Waals surface area contributed by atoms with Crippen LogP contribution in [0.2, 0.25) is 0 Å². The molecule has 1 atom stereocenters. The van der Waals surface area contributed by atoms with Crippen LogP contribution in [0.25, 0.3) is 0 Å². The van der Waals surface area contributed by atoms with Crippen LogP contribution in [0, 0.1) is 6.92 Å². The van der Waals surface area contributed by atoms with Gasteiger partial charge in [0, 0.05) is 13.2 Å². The zero-order valence-electron chi connectivity index (χ0n) is 18.7. The van der Waals surface area contributed by atoms with Crippen molar-refractivity contribution in [2.24, 2.45) is 0 Å². The molecule has 0 aliphatic rings. The fourth-order valence-corrected chi connectivity index (χ4v) is 1.76. The molecule has 1 N–H and O–H groups in total. The van der Waals surface area contributed by atoms with Gasteiger partial charge in [0.15, 0.2) is 6.10 Å². The number of para-hydroxylation sites is 1. The fraction of sp³-hybridized carbons (Fsp3) is 0.545. The molecule has 166 valence electrons. The lowest BCUT2D eigenvalue weighted by atomic mass is 10.2. The Balaban J connectivity index is 0. The molecule has 0 saturated heterocycles. The van der Waals surface area contributed by atoms with Crippen LogP contribution in [0.15, 0.2) is 36.9 Å². The molecular formula is C22H37NO6. The number of alkyl carbamates (subject to hydrolysis) is 1. The van der Waals surface area contributed by atoms with Gasteiger partial charge in [-0.15, -0.1) is 0 Å². The Bertz CT molecular complexity index is 562. The summed E-state index contributed by atoms with van der Waals surface area (Å²) in [4.78, 5) is 22.6. The second-order valence-corrected chi connectivity index (χ2v) is 5.56. The van der Waals surface area contributed by atoms with Crippen molar-refractivity contribution < 1.29 is 28.5 Å². The molecule has 0 fully saturated rings. The maximum absolute atomic E-state index is 11.7. The van der Waals surface area contributed by atoms with E-state index in [1.165, 1.54) is 13.5 Å². The summed E-state index contributed by atoms with van der Waals surface area (Å²) in [5, 5.41) is 2.48. The van der Waals surface area contributed by atoms with E-state index >= 15 is 0 Å². The Labute approximate surface area is 175 Å². The number of amides is 1. The number of hydrogen-bond donors (Lipinski definition) is 1. The van der Waals surface area contributed by atoms with Crippen molar-refractivity contribution in [1.29, 1.82) is 0 Å². The van der Waals surface area contributed by atoms with E-state index in [1.54, 1.807) is 0 Å². The van der Waals surface area contributed by atoms with E-state index in [0.717, 1.165) is 17.4 Å². The van der Waals surface area contributed by atoms with Crippen molar-refractivity contribution >= 4 is 12.1 Å². The smallest absolute Gasteiger partial charge is 0.407 e. The van der Waals surface area contributed by atoms with Crippen molar-refractivity contribution in [3.63, 3.8) is 0 Å². The van der Waals surface area contributed by atoms with Crippen molar-refractivity contribution in [2.45, 2.75) is 47.1 Å². The zero-order chi connectivity index (χ0) is 22.5. The monoisotopic (exact) mass is 411 g/mol. The lowest BCUT2D eigenvalue weighted by Crippen LogP contribution is -2.36. The number of benzene rings is 1. The molecule has 0 saturated carbocycles. The number of ether oxygens (including phenoxy) is 4. The molecule has 0 radical (unpaired) electrons. The van der Waals surface area contributed by atoms with E-state index in [0.29, 0.717) is 0 Å². The van der Waals surface area contributed by atoms with Crippen LogP contribution in [0.5, 0.6) is 5.75 Å². The maximum Gasteiger partial charge on any atom is 0.407 e. The molecule has 29 heavy (non-hydrogen) atoms. The normalized spacial score (nSPS) is 10.1. The first kappa shape index (κ1) is 28.7. The number of esters is 1. The van der Waals surface area contributed by atoms with Crippen molar-refractivity contribution in [2.75, 3.05) is 33.5 Å². The molecule has 1 aromatic carbocycles. The average Bonchev–Trinajstić information content (AvgIpc) is 2.72. The van der Waals surface area contributed by atoms with Gasteiger partial charge < -0.3 is 24.3 Å². The van der Waals surface area contributed by atoms with Crippen LogP contribution in [0.1, 0.15) is 39.7 Å². The molecule has 0 heterocycles. The molecule has 7 nitrogen and oxygen atoms in total. The third kappa shape index (κ3) is 16.1. The molecule has 1 unspecified atom stereocenters. The van der Waals surface area contributed by atoms with Crippen molar-refractivity contribution in [3.05, 3.63) is 42.5 Å². The van der Waals surface area contributed by atoms with E-state index in [-0.39, 0.29) is 26.4 Å². The predicted molar refractivity (Wildman–Crippen MR) is 115 cm³/mol. The lowest BCUT2D eigenvalue weighted by molar-refractivity contribution is -0.137. The van der Waals surface area contributed by atoms with Gasteiger partial charge in [-0.2, -0.15) is 0 Å². The minimum absolute atomic E-state index is 0.0363. The number of methoxy groups -OCH3 is 1. The van der Waals surface area contributed by atoms with E-state index in [4.69, 9.17) is 18.9 Å². The number of carbonyl (C=O) groups is 2. The Morgan fingerprint density at radius 2 is 1.79 bits per heavy atom. The van der Waals surface area contributed by atoms with Crippen LogP contribution in [-0.2, 0) is 19.0 Å². The van der Waals surface area contributed by atoms with Gasteiger partial charge in [0.25, 0.3) is 0 Å². The van der Waals surface area contributed by atoms with Crippen molar-refractivity contribution in [1.82, 2.24) is 5.32 Å². The van der Waals surface area contributed by atoms with Gasteiger partial charge in [0.1, 0.15) is 19.0 Å². The molecule has 1 aromatic rings. The van der Waals surface area contributed by atoms with Gasteiger partial charge in [-0.05, 0) is 18.6 Å². The summed E-state index contributed by atoms with van der Waals surface area (Å²) in [6.45, 7) is 14.0. The van der Waals surface area contributed by atoms with E-state index < -0.39 is 18.2 Å². The molecular weight excluding hydrogens is 374 g/mol. The Morgan fingerprint density at radius 3 is 2.34 bits per heavy atom. The Morgan fingerprint density at radius 1 is 1.17 bits per heavy atom. The van der Waals surface area contributed by atoms with E-state index in [9.17, 15) is 9.59 Å². The number of rotatable bonds is 10. The molecule has 0 bridgehead atoms. The number of aryl methyl sites for hydroxylation is 1. The lowest BCUT2D eigenvalue weighted by Gasteiger charge is -2.18. The van der Waals surface area contributed by atoms with Gasteiger partial charge in [-0.25, -0.2) is 9.59 Å². The van der Waals surface area contributed by atoms with Crippen molar-refractivity contribution in [3.8, 4) is 5.75 Å². The first-order valence-corrected chi connectivity index (χ1v) is 9.89. The molecule has 1 amide bonds. The molecule has 0 spiro atoms. The molecule has 0 aromatic heterocycles. The first-order chi connectivity index (χ1) is 14.0. The molecule has 0 aliphatic carbocycles. The first-order valence-electron chi connectivity index (χ1n) is 9.89. The van der Waals surface area contributed by atoms with E-state index in [1.807, 2.05) is 45.0 Å². The van der Waals surface area contributed by atoms with Crippen LogP contribution in [0.3, 0.4) is 0 Å². The number of hydrogen-bond acceptors (Lipinski definition) is 6. The molecule has 7 heteroatoms. The second kappa shape index (κ2) is 20.2. The minimum atomic E-state index is -0.639. The third-order valence-corrected chi connectivity index (χ3v) is 2.93. The largest absolute Gasteiger partial charge is 0.489 e. The highest BCUT2D eigenvalue weighted by Crippen LogP contribution is 2.16. The quantitative estimate of drug-likeness (QED) is 0.351. The zero-order valence-corrected chi connectivity index (χ0v) is 18.7. The summed E-state index contributed by atoms with van der Waals surface area (Å²) in [5.74, 6) is 0.174. The van der Waals surface area contributed by atoms with Gasteiger partial charge in [0.2, 0.25) is 0 Å². The second-order valence-electron chi connectivity index (χ2n) is 5.56. The van der Waals surface area contributed by atoms with Gasteiger partial charge in [0.05, 0.1) is 13.2 Å². The predicted octanol–water partition coefficient (Wildman–Crippen LogP) is 4.29. The fourth-order valence-electron chi connectivity index (χ4n) is 1.76. The summed E-state index contributed by atoms with van der Waals surface area (Å²) in [6, 6.07) is 7.55. The van der Waals surface area contributed by atoms with Gasteiger partial charge in [-0.1, -0.05) is 58.9 Å². The molecule has 1 rings (SSSR count). The summed E-state index contributed by atoms with van der Waals surface area (Å²) in [7, 11) is 1.51. The van der Waals surface area contributed by atoms with Gasteiger partial charge in [-0.3, -0.25) is 0 Å². The maximum atomic E-state index is 11.7. The highest BCUT2D eigenvalue weighted by molar-refractivity contribution is 5.81. The van der Waals surface area contributed by atoms with Crippen LogP contribution < -0.4 is 10.1 Å². The summed E-state index contributed by atoms with van der Waals surface area (Å²) in [6.07, 6.45) is 1.10. The number of carbonyl (C=O) groups excluding carboxylic acids is 2. The Hall–Kier alpha value is -2.54. The summed E-state index contributed by atoms with van der Waals surface area (Å²) in [5.41, 5.74) is 0.988. The van der Waals surface area contributed by atoms with Crippen LogP contribution in [-0.4, -0.2) is 51.6 Å². The third-order valence-electron chi connectivity index (χ3n) is 2.93. The Kier molecular flexibility index (Phi) is 20.0. The highest BCUT2D eigenvalue weighted by Gasteiger charge is 2.15. The summed E-state index contributed by atoms with van der Waals surface area (Å²) >= 11 is 0. The number of nitrogens with one attached hydrogen (secondary N) is 1. The topological polar surface area (TPSA) is 83.1 Å². The minimum Gasteiger partial charge on any atom is -0.489 e. The van der Waals surface area contributed by atoms with Crippen LogP contribution >= 0.6 is 0 Å². The highest BCUT2D eigenvalue weighted by atomic mass is 16.6. The average molecular weight is 412 g/mol. The van der Waals surface area contributed by atoms with E-state index in [2.05, 4.69) is 25.7 Å². The molecule has 0 aliphatic heterocycles.